The van der Waals surface area contributed by atoms with Gasteiger partial charge in [0.2, 0.25) is 0 Å². The van der Waals surface area contributed by atoms with Gasteiger partial charge < -0.3 is 5.73 Å². The summed E-state index contributed by atoms with van der Waals surface area (Å²) in [7, 11) is -4.36. The Labute approximate surface area is 121 Å². The highest BCUT2D eigenvalue weighted by Crippen LogP contribution is 2.23. The molecule has 20 heavy (non-hydrogen) atoms. The van der Waals surface area contributed by atoms with Crippen LogP contribution in [-0.2, 0) is 10.0 Å². The van der Waals surface area contributed by atoms with Gasteiger partial charge in [0, 0.05) is 5.69 Å². The minimum absolute atomic E-state index is 0.143. The largest absolute Gasteiger partial charge is 0.399 e. The fourth-order valence-electron chi connectivity index (χ4n) is 1.34. The van der Waals surface area contributed by atoms with E-state index in [0.29, 0.717) is 10.7 Å². The number of hydrogen-bond donors (Lipinski definition) is 2. The number of nitrogen functional groups attached to an aromatic ring is 1. The maximum Gasteiger partial charge on any atom is 0.266 e. The Hall–Kier alpha value is -1.81. The van der Waals surface area contributed by atoms with Gasteiger partial charge in [0.25, 0.3) is 10.0 Å². The number of aromatic nitrogens is 2. The van der Waals surface area contributed by atoms with E-state index in [9.17, 15) is 17.2 Å². The molecule has 0 radical (unpaired) electrons. The van der Waals surface area contributed by atoms with Crippen molar-refractivity contribution in [2.24, 2.45) is 0 Å². The lowest BCUT2D eigenvalue weighted by atomic mass is 10.3. The minimum Gasteiger partial charge on any atom is -0.399 e. The SMILES string of the molecule is Nc1cc(F)c(F)c(S(=O)(=O)Nc2cnc(Br)cn2)c1. The molecule has 10 heteroatoms. The fraction of sp³-hybridized carbons (Fsp3) is 0. The van der Waals surface area contributed by atoms with E-state index >= 15 is 0 Å². The van der Waals surface area contributed by atoms with Crippen LogP contribution in [0.4, 0.5) is 20.3 Å². The molecule has 1 heterocycles. The predicted molar refractivity (Wildman–Crippen MR) is 71.3 cm³/mol. The third-order valence-corrected chi connectivity index (χ3v) is 3.93. The Morgan fingerprint density at radius 3 is 2.50 bits per heavy atom. The van der Waals surface area contributed by atoms with Crippen LogP contribution in [-0.4, -0.2) is 18.4 Å². The summed E-state index contributed by atoms with van der Waals surface area (Å²) in [5.41, 5.74) is 5.09. The van der Waals surface area contributed by atoms with E-state index in [1.807, 2.05) is 4.72 Å². The van der Waals surface area contributed by atoms with Gasteiger partial charge in [-0.15, -0.1) is 0 Å². The summed E-state index contributed by atoms with van der Waals surface area (Å²) < 4.78 is 53.0. The van der Waals surface area contributed by atoms with Crippen LogP contribution in [0.1, 0.15) is 0 Å². The van der Waals surface area contributed by atoms with E-state index in [2.05, 4.69) is 25.9 Å². The Balaban J connectivity index is 2.43. The average molecular weight is 365 g/mol. The third kappa shape index (κ3) is 3.02. The Bertz CT molecular complexity index is 753. The molecule has 1 aromatic carbocycles. The molecule has 0 spiro atoms. The lowest BCUT2D eigenvalue weighted by Crippen LogP contribution is -2.16. The van der Waals surface area contributed by atoms with E-state index in [1.165, 1.54) is 6.20 Å². The quantitative estimate of drug-likeness (QED) is 0.810. The second-order valence-corrected chi connectivity index (χ2v) is 6.11. The molecule has 0 bridgehead atoms. The molecule has 0 saturated carbocycles. The number of rotatable bonds is 3. The van der Waals surface area contributed by atoms with Crippen molar-refractivity contribution in [3.8, 4) is 0 Å². The van der Waals surface area contributed by atoms with Gasteiger partial charge in [-0.2, -0.15) is 0 Å². The molecule has 0 amide bonds. The topological polar surface area (TPSA) is 98.0 Å². The molecule has 0 aliphatic heterocycles. The smallest absolute Gasteiger partial charge is 0.266 e. The monoisotopic (exact) mass is 364 g/mol. The molecule has 2 aromatic rings. The molecule has 0 atom stereocenters. The summed E-state index contributed by atoms with van der Waals surface area (Å²) in [6.45, 7) is 0. The highest BCUT2D eigenvalue weighted by Gasteiger charge is 2.23. The van der Waals surface area contributed by atoms with Crippen molar-refractivity contribution in [2.75, 3.05) is 10.5 Å². The van der Waals surface area contributed by atoms with Gasteiger partial charge in [0.05, 0.1) is 12.4 Å². The van der Waals surface area contributed by atoms with Gasteiger partial charge in [0.1, 0.15) is 9.50 Å². The molecule has 106 valence electrons. The summed E-state index contributed by atoms with van der Waals surface area (Å²) in [5.74, 6) is -3.01. The maximum atomic E-state index is 13.6. The van der Waals surface area contributed by atoms with Crippen LogP contribution in [0, 0.1) is 11.6 Å². The molecule has 1 aromatic heterocycles. The number of hydrogen-bond acceptors (Lipinski definition) is 5. The van der Waals surface area contributed by atoms with Crippen LogP contribution in [0.15, 0.2) is 34.0 Å². The van der Waals surface area contributed by atoms with Gasteiger partial charge in [-0.1, -0.05) is 0 Å². The van der Waals surface area contributed by atoms with Gasteiger partial charge in [-0.05, 0) is 28.1 Å². The maximum absolute atomic E-state index is 13.6. The number of nitrogens with one attached hydrogen (secondary N) is 1. The lowest BCUT2D eigenvalue weighted by Gasteiger charge is -2.09. The first-order chi connectivity index (χ1) is 9.29. The number of halogens is 3. The van der Waals surface area contributed by atoms with Crippen LogP contribution in [0.3, 0.4) is 0 Å². The molecule has 3 N–H and O–H groups in total. The summed E-state index contributed by atoms with van der Waals surface area (Å²) in [6, 6.07) is 1.50. The molecule has 0 fully saturated rings. The molecule has 6 nitrogen and oxygen atoms in total. The lowest BCUT2D eigenvalue weighted by molar-refractivity contribution is 0.486. The van der Waals surface area contributed by atoms with Crippen molar-refractivity contribution in [1.82, 2.24) is 9.97 Å². The highest BCUT2D eigenvalue weighted by atomic mass is 79.9. The number of nitrogens with two attached hydrogens (primary N) is 1. The van der Waals surface area contributed by atoms with Gasteiger partial charge in [0.15, 0.2) is 17.5 Å². The molecule has 0 saturated heterocycles. The Morgan fingerprint density at radius 2 is 1.90 bits per heavy atom. The van der Waals surface area contributed by atoms with E-state index in [-0.39, 0.29) is 11.5 Å². The zero-order valence-corrected chi connectivity index (χ0v) is 12.0. The number of anilines is 2. The van der Waals surface area contributed by atoms with Crippen molar-refractivity contribution in [3.63, 3.8) is 0 Å². The normalized spacial score (nSPS) is 11.3. The van der Waals surface area contributed by atoms with E-state index in [1.54, 1.807) is 0 Å². The predicted octanol–water partition coefficient (Wildman–Crippen LogP) is 1.90. The highest BCUT2D eigenvalue weighted by molar-refractivity contribution is 9.10. The summed E-state index contributed by atoms with van der Waals surface area (Å²) in [6.07, 6.45) is 2.36. The Kier molecular flexibility index (Phi) is 3.86. The number of sulfonamides is 1. The number of nitrogens with zero attached hydrogens (tertiary/aromatic N) is 2. The van der Waals surface area contributed by atoms with Crippen LogP contribution >= 0.6 is 15.9 Å². The molecule has 0 aliphatic rings. The van der Waals surface area contributed by atoms with Crippen molar-refractivity contribution in [2.45, 2.75) is 4.90 Å². The first-order valence-electron chi connectivity index (χ1n) is 5.04. The van der Waals surface area contributed by atoms with Gasteiger partial charge in [-0.25, -0.2) is 27.2 Å². The van der Waals surface area contributed by atoms with Gasteiger partial charge >= 0.3 is 0 Å². The van der Waals surface area contributed by atoms with Crippen LogP contribution in [0.5, 0.6) is 0 Å². The van der Waals surface area contributed by atoms with Crippen molar-refractivity contribution < 1.29 is 17.2 Å². The summed E-state index contributed by atoms with van der Waals surface area (Å²) >= 11 is 3.02. The van der Waals surface area contributed by atoms with Crippen molar-refractivity contribution in [3.05, 3.63) is 40.8 Å². The van der Waals surface area contributed by atoms with E-state index < -0.39 is 26.6 Å². The van der Waals surface area contributed by atoms with E-state index in [4.69, 9.17) is 5.73 Å². The van der Waals surface area contributed by atoms with Gasteiger partial charge in [-0.3, -0.25) is 4.72 Å². The Morgan fingerprint density at radius 1 is 1.20 bits per heavy atom. The molecular formula is C10H7BrF2N4O2S. The molecule has 2 rings (SSSR count). The second-order valence-electron chi connectivity index (χ2n) is 3.64. The average Bonchev–Trinajstić information content (AvgIpc) is 2.36. The summed E-state index contributed by atoms with van der Waals surface area (Å²) in [4.78, 5) is 6.56. The zero-order valence-electron chi connectivity index (χ0n) is 9.64. The summed E-state index contributed by atoms with van der Waals surface area (Å²) in [5, 5.41) is 0. The number of benzene rings is 1. The first kappa shape index (κ1) is 14.6. The standard InChI is InChI=1S/C10H7BrF2N4O2S/c11-8-3-16-9(4-15-8)17-20(18,19)7-2-5(14)1-6(12)10(7)13/h1-4H,14H2,(H,16,17). The molecule has 0 unspecified atom stereocenters. The third-order valence-electron chi connectivity index (χ3n) is 2.17. The zero-order chi connectivity index (χ0) is 14.9. The van der Waals surface area contributed by atoms with Crippen molar-refractivity contribution >= 4 is 37.5 Å². The first-order valence-corrected chi connectivity index (χ1v) is 7.32. The van der Waals surface area contributed by atoms with E-state index in [0.717, 1.165) is 12.3 Å². The molecular weight excluding hydrogens is 358 g/mol. The van der Waals surface area contributed by atoms with Crippen LogP contribution in [0.2, 0.25) is 0 Å². The fourth-order valence-corrected chi connectivity index (χ4v) is 2.66. The van der Waals surface area contributed by atoms with Crippen LogP contribution in [0.25, 0.3) is 0 Å². The second kappa shape index (κ2) is 5.29. The van der Waals surface area contributed by atoms with Crippen molar-refractivity contribution in [1.29, 1.82) is 0 Å². The van der Waals surface area contributed by atoms with Crippen LogP contribution < -0.4 is 10.5 Å². The molecule has 0 aliphatic carbocycles. The minimum atomic E-state index is -4.36.